The van der Waals surface area contributed by atoms with Gasteiger partial charge < -0.3 is 15.0 Å². The van der Waals surface area contributed by atoms with E-state index in [9.17, 15) is 22.8 Å². The normalized spacial score (nSPS) is 22.3. The van der Waals surface area contributed by atoms with Crippen LogP contribution < -0.4 is 10.9 Å². The lowest BCUT2D eigenvalue weighted by Gasteiger charge is -2.29. The summed E-state index contributed by atoms with van der Waals surface area (Å²) >= 11 is 0. The Balaban J connectivity index is 1.76. The fourth-order valence-electron chi connectivity index (χ4n) is 2.41. The number of carbonyl (C=O) groups excluding carboxylic acids is 1. The van der Waals surface area contributed by atoms with Crippen molar-refractivity contribution in [1.82, 2.24) is 10.3 Å². The van der Waals surface area contributed by atoms with Crippen molar-refractivity contribution >= 4 is 5.91 Å². The van der Waals surface area contributed by atoms with Gasteiger partial charge in [-0.1, -0.05) is 0 Å². The Morgan fingerprint density at radius 1 is 1.27 bits per heavy atom. The second kappa shape index (κ2) is 6.95. The Morgan fingerprint density at radius 2 is 1.95 bits per heavy atom. The molecule has 22 heavy (non-hydrogen) atoms. The summed E-state index contributed by atoms with van der Waals surface area (Å²) < 4.78 is 41.0. The molecular formula is C14H17F3N2O3. The van der Waals surface area contributed by atoms with Gasteiger partial charge in [0.25, 0.3) is 5.91 Å². The monoisotopic (exact) mass is 318 g/mol. The van der Waals surface area contributed by atoms with Crippen LogP contribution in [0.4, 0.5) is 13.2 Å². The second-order valence-corrected chi connectivity index (χ2v) is 5.31. The molecule has 1 amide bonds. The highest BCUT2D eigenvalue weighted by Crippen LogP contribution is 2.24. The molecule has 1 saturated carbocycles. The van der Waals surface area contributed by atoms with E-state index >= 15 is 0 Å². The standard InChI is InChI=1S/C14H17F3N2O3/c15-14(16,17)8-22-11-4-2-10(3-5-11)19-13(21)9-1-6-12(20)18-7-9/h1,6-7,10-11H,2-5,8H2,(H,18,20)(H,19,21). The van der Waals surface area contributed by atoms with Gasteiger partial charge in [-0.3, -0.25) is 9.59 Å². The number of alkyl halides is 3. The molecule has 2 N–H and O–H groups in total. The molecule has 0 radical (unpaired) electrons. The van der Waals surface area contributed by atoms with Crippen LogP contribution in [0.15, 0.2) is 23.1 Å². The lowest BCUT2D eigenvalue weighted by atomic mass is 9.92. The highest BCUT2D eigenvalue weighted by atomic mass is 19.4. The molecule has 0 aliphatic heterocycles. The van der Waals surface area contributed by atoms with Gasteiger partial charge in [-0.25, -0.2) is 0 Å². The SMILES string of the molecule is O=C(NC1CCC(OCC(F)(F)F)CC1)c1ccc(=O)[nH]c1. The highest BCUT2D eigenvalue weighted by molar-refractivity contribution is 5.93. The third kappa shape index (κ3) is 5.18. The number of hydrogen-bond donors (Lipinski definition) is 2. The zero-order valence-electron chi connectivity index (χ0n) is 11.8. The molecular weight excluding hydrogens is 301 g/mol. The van der Waals surface area contributed by atoms with Crippen LogP contribution in [0, 0.1) is 0 Å². The summed E-state index contributed by atoms with van der Waals surface area (Å²) in [6.45, 7) is -1.23. The van der Waals surface area contributed by atoms with Crippen molar-refractivity contribution in [3.05, 3.63) is 34.2 Å². The molecule has 0 aromatic carbocycles. The zero-order chi connectivity index (χ0) is 16.2. The van der Waals surface area contributed by atoms with Gasteiger partial charge in [0.2, 0.25) is 5.56 Å². The van der Waals surface area contributed by atoms with Crippen LogP contribution in [0.5, 0.6) is 0 Å². The minimum absolute atomic E-state index is 0.0924. The number of hydrogen-bond acceptors (Lipinski definition) is 3. The Morgan fingerprint density at radius 3 is 2.50 bits per heavy atom. The molecule has 0 spiro atoms. The number of aromatic amines is 1. The lowest BCUT2D eigenvalue weighted by Crippen LogP contribution is -2.39. The summed E-state index contributed by atoms with van der Waals surface area (Å²) in [6, 6.07) is 2.59. The number of halogens is 3. The fraction of sp³-hybridized carbons (Fsp3) is 0.571. The van der Waals surface area contributed by atoms with Gasteiger partial charge in [-0.15, -0.1) is 0 Å². The van der Waals surface area contributed by atoms with Crippen molar-refractivity contribution in [2.75, 3.05) is 6.61 Å². The van der Waals surface area contributed by atoms with Crippen LogP contribution >= 0.6 is 0 Å². The molecule has 0 bridgehead atoms. The number of carbonyl (C=O) groups is 1. The number of rotatable bonds is 4. The average Bonchev–Trinajstić information content (AvgIpc) is 2.46. The van der Waals surface area contributed by atoms with Gasteiger partial charge in [-0.2, -0.15) is 13.2 Å². The Bertz CT molecular complexity index is 543. The molecule has 1 fully saturated rings. The summed E-state index contributed by atoms with van der Waals surface area (Å²) in [4.78, 5) is 25.3. The van der Waals surface area contributed by atoms with E-state index < -0.39 is 18.9 Å². The van der Waals surface area contributed by atoms with Gasteiger partial charge in [0.1, 0.15) is 6.61 Å². The zero-order valence-corrected chi connectivity index (χ0v) is 11.8. The maximum atomic E-state index is 12.1. The van der Waals surface area contributed by atoms with E-state index in [1.165, 1.54) is 18.3 Å². The topological polar surface area (TPSA) is 71.2 Å². The maximum Gasteiger partial charge on any atom is 0.411 e. The third-order valence-corrected chi connectivity index (χ3v) is 3.54. The molecule has 1 aliphatic carbocycles. The number of nitrogens with one attached hydrogen (secondary N) is 2. The number of amides is 1. The van der Waals surface area contributed by atoms with E-state index in [2.05, 4.69) is 10.3 Å². The third-order valence-electron chi connectivity index (χ3n) is 3.54. The summed E-state index contributed by atoms with van der Waals surface area (Å²) in [5, 5.41) is 2.81. The minimum Gasteiger partial charge on any atom is -0.369 e. The van der Waals surface area contributed by atoms with Gasteiger partial charge in [0.05, 0.1) is 11.7 Å². The smallest absolute Gasteiger partial charge is 0.369 e. The van der Waals surface area contributed by atoms with E-state index in [-0.39, 0.29) is 17.5 Å². The predicted octanol–water partition coefficient (Wildman–Crippen LogP) is 1.99. The first-order chi connectivity index (χ1) is 10.3. The first-order valence-corrected chi connectivity index (χ1v) is 7.01. The molecule has 0 unspecified atom stereocenters. The van der Waals surface area contributed by atoms with Crippen LogP contribution in [0.1, 0.15) is 36.0 Å². The molecule has 122 valence electrons. The number of aromatic nitrogens is 1. The van der Waals surface area contributed by atoms with Crippen LogP contribution in [0.2, 0.25) is 0 Å². The van der Waals surface area contributed by atoms with Crippen molar-refractivity contribution < 1.29 is 22.7 Å². The van der Waals surface area contributed by atoms with E-state index in [0.29, 0.717) is 31.2 Å². The van der Waals surface area contributed by atoms with Gasteiger partial charge in [0.15, 0.2) is 0 Å². The number of pyridine rings is 1. The van der Waals surface area contributed by atoms with Crippen LogP contribution in [-0.2, 0) is 4.74 Å². The largest absolute Gasteiger partial charge is 0.411 e. The van der Waals surface area contributed by atoms with Crippen molar-refractivity contribution in [2.45, 2.75) is 44.0 Å². The predicted molar refractivity (Wildman–Crippen MR) is 72.6 cm³/mol. The van der Waals surface area contributed by atoms with E-state index in [1.54, 1.807) is 0 Å². The van der Waals surface area contributed by atoms with Crippen molar-refractivity contribution in [1.29, 1.82) is 0 Å². The van der Waals surface area contributed by atoms with Crippen LogP contribution in [0.3, 0.4) is 0 Å². The average molecular weight is 318 g/mol. The Kier molecular flexibility index (Phi) is 5.23. The second-order valence-electron chi connectivity index (χ2n) is 5.31. The maximum absolute atomic E-state index is 12.1. The Hall–Kier alpha value is -1.83. The van der Waals surface area contributed by atoms with Crippen molar-refractivity contribution in [3.8, 4) is 0 Å². The first-order valence-electron chi connectivity index (χ1n) is 7.01. The number of H-pyrrole nitrogens is 1. The van der Waals surface area contributed by atoms with E-state index in [1.807, 2.05) is 0 Å². The summed E-state index contributed by atoms with van der Waals surface area (Å²) in [6.07, 6.45) is -1.30. The highest BCUT2D eigenvalue weighted by Gasteiger charge is 2.31. The molecule has 0 saturated heterocycles. The lowest BCUT2D eigenvalue weighted by molar-refractivity contribution is -0.188. The van der Waals surface area contributed by atoms with Crippen molar-refractivity contribution in [2.24, 2.45) is 0 Å². The molecule has 0 atom stereocenters. The van der Waals surface area contributed by atoms with Crippen molar-refractivity contribution in [3.63, 3.8) is 0 Å². The molecule has 8 heteroatoms. The quantitative estimate of drug-likeness (QED) is 0.892. The summed E-state index contributed by atoms with van der Waals surface area (Å²) in [5.41, 5.74) is 0.0499. The Labute approximate surface area is 124 Å². The molecule has 1 aromatic rings. The van der Waals surface area contributed by atoms with Crippen LogP contribution in [0.25, 0.3) is 0 Å². The molecule has 5 nitrogen and oxygen atoms in total. The number of ether oxygens (including phenoxy) is 1. The summed E-state index contributed by atoms with van der Waals surface area (Å²) in [5.74, 6) is -0.309. The van der Waals surface area contributed by atoms with Gasteiger partial charge in [0, 0.05) is 18.3 Å². The molecule has 1 heterocycles. The van der Waals surface area contributed by atoms with E-state index in [0.717, 1.165) is 0 Å². The fourth-order valence-corrected chi connectivity index (χ4v) is 2.41. The first kappa shape index (κ1) is 16.5. The minimum atomic E-state index is -4.31. The van der Waals surface area contributed by atoms with Crippen LogP contribution in [-0.4, -0.2) is 35.8 Å². The van der Waals surface area contributed by atoms with Gasteiger partial charge >= 0.3 is 6.18 Å². The molecule has 1 aromatic heterocycles. The van der Waals surface area contributed by atoms with E-state index in [4.69, 9.17) is 4.74 Å². The van der Waals surface area contributed by atoms with Gasteiger partial charge in [-0.05, 0) is 31.7 Å². The molecule has 2 rings (SSSR count). The summed E-state index contributed by atoms with van der Waals surface area (Å²) in [7, 11) is 0. The molecule has 1 aliphatic rings.